The molecule has 2 N–H and O–H groups in total. The summed E-state index contributed by atoms with van der Waals surface area (Å²) >= 11 is 6.33. The zero-order valence-corrected chi connectivity index (χ0v) is 18.0. The third kappa shape index (κ3) is 4.52. The minimum absolute atomic E-state index is 0.0473. The summed E-state index contributed by atoms with van der Waals surface area (Å²) in [6.07, 6.45) is 1.52. The Morgan fingerprint density at radius 1 is 1.13 bits per heavy atom. The predicted molar refractivity (Wildman–Crippen MR) is 121 cm³/mol. The number of aromatic nitrogens is 1. The number of carbonyl (C=O) groups is 2. The van der Waals surface area contributed by atoms with E-state index in [1.807, 2.05) is 45.0 Å². The van der Waals surface area contributed by atoms with Crippen molar-refractivity contribution in [3.63, 3.8) is 0 Å². The highest BCUT2D eigenvalue weighted by Gasteiger charge is 2.17. The molecule has 1 aromatic heterocycles. The Kier molecular flexibility index (Phi) is 6.28. The van der Waals surface area contributed by atoms with Gasteiger partial charge in [-0.15, -0.1) is 0 Å². The minimum atomic E-state index is -1.06. The molecule has 0 fully saturated rings. The molecule has 0 aliphatic carbocycles. The molecule has 0 atom stereocenters. The van der Waals surface area contributed by atoms with E-state index < -0.39 is 11.9 Å². The Labute approximate surface area is 185 Å². The van der Waals surface area contributed by atoms with Gasteiger partial charge in [-0.2, -0.15) is 5.26 Å². The van der Waals surface area contributed by atoms with Gasteiger partial charge in [0.25, 0.3) is 5.91 Å². The van der Waals surface area contributed by atoms with Crippen LogP contribution in [0.5, 0.6) is 0 Å². The van der Waals surface area contributed by atoms with Gasteiger partial charge in [-0.25, -0.2) is 4.79 Å². The predicted octanol–water partition coefficient (Wildman–Crippen LogP) is 5.30. The number of nitrogens with one attached hydrogen (secondary N) is 1. The highest BCUT2D eigenvalue weighted by Crippen LogP contribution is 2.29. The number of nitriles is 1. The van der Waals surface area contributed by atoms with Crippen molar-refractivity contribution in [2.45, 2.75) is 20.8 Å². The topological polar surface area (TPSA) is 95.1 Å². The Balaban J connectivity index is 2.01. The number of halogens is 1. The Morgan fingerprint density at radius 3 is 2.48 bits per heavy atom. The first-order valence-corrected chi connectivity index (χ1v) is 9.81. The lowest BCUT2D eigenvalue weighted by molar-refractivity contribution is -0.112. The third-order valence-electron chi connectivity index (χ3n) is 4.96. The van der Waals surface area contributed by atoms with Crippen LogP contribution in [0.2, 0.25) is 5.02 Å². The van der Waals surface area contributed by atoms with E-state index in [1.54, 1.807) is 16.7 Å². The van der Waals surface area contributed by atoms with E-state index in [-0.39, 0.29) is 11.1 Å². The van der Waals surface area contributed by atoms with E-state index in [1.165, 1.54) is 24.3 Å². The van der Waals surface area contributed by atoms with E-state index >= 15 is 0 Å². The Hall–Kier alpha value is -3.82. The number of hydrogen-bond donors (Lipinski definition) is 2. The Morgan fingerprint density at radius 2 is 1.84 bits per heavy atom. The maximum Gasteiger partial charge on any atom is 0.335 e. The number of carbonyl (C=O) groups excluding carboxylic acids is 1. The summed E-state index contributed by atoms with van der Waals surface area (Å²) in [6.45, 7) is 5.53. The van der Waals surface area contributed by atoms with E-state index in [0.717, 1.165) is 17.0 Å². The van der Waals surface area contributed by atoms with Gasteiger partial charge < -0.3 is 15.0 Å². The number of carboxylic acids is 1. The molecule has 3 aromatic rings. The number of benzene rings is 2. The summed E-state index contributed by atoms with van der Waals surface area (Å²) in [7, 11) is 0. The van der Waals surface area contributed by atoms with Gasteiger partial charge in [0.15, 0.2) is 0 Å². The molecule has 0 spiro atoms. The quantitative estimate of drug-likeness (QED) is 0.421. The van der Waals surface area contributed by atoms with Crippen molar-refractivity contribution in [1.29, 1.82) is 5.26 Å². The van der Waals surface area contributed by atoms with Crippen molar-refractivity contribution in [2.24, 2.45) is 0 Å². The molecule has 0 radical (unpaired) electrons. The average molecular weight is 434 g/mol. The zero-order chi connectivity index (χ0) is 22.7. The summed E-state index contributed by atoms with van der Waals surface area (Å²) < 4.78 is 1.80. The van der Waals surface area contributed by atoms with Gasteiger partial charge in [-0.3, -0.25) is 4.79 Å². The summed E-state index contributed by atoms with van der Waals surface area (Å²) in [5.41, 5.74) is 4.26. The number of carboxylic acid groups (broad SMARTS) is 1. The van der Waals surface area contributed by atoms with Crippen LogP contribution >= 0.6 is 11.6 Å². The van der Waals surface area contributed by atoms with Crippen LogP contribution < -0.4 is 5.32 Å². The molecule has 7 heteroatoms. The number of nitrogens with zero attached hydrogens (tertiary/aromatic N) is 2. The van der Waals surface area contributed by atoms with E-state index in [2.05, 4.69) is 5.32 Å². The number of aromatic carboxylic acids is 1. The van der Waals surface area contributed by atoms with Crippen molar-refractivity contribution in [1.82, 2.24) is 4.57 Å². The molecule has 3 rings (SSSR count). The van der Waals surface area contributed by atoms with Crippen LogP contribution in [0.15, 0.2) is 54.1 Å². The first kappa shape index (κ1) is 21.9. The fourth-order valence-corrected chi connectivity index (χ4v) is 3.53. The highest BCUT2D eigenvalue weighted by atomic mass is 35.5. The van der Waals surface area contributed by atoms with Crippen LogP contribution in [-0.2, 0) is 4.79 Å². The second kappa shape index (κ2) is 8.90. The lowest BCUT2D eigenvalue weighted by Crippen LogP contribution is -2.14. The summed E-state index contributed by atoms with van der Waals surface area (Å²) in [6, 6.07) is 15.5. The van der Waals surface area contributed by atoms with Gasteiger partial charge in [-0.1, -0.05) is 29.8 Å². The molecule has 0 saturated carbocycles. The largest absolute Gasteiger partial charge is 0.478 e. The normalized spacial score (nSPS) is 11.1. The van der Waals surface area contributed by atoms with Gasteiger partial charge in [0.1, 0.15) is 11.6 Å². The number of anilines is 1. The Bertz CT molecular complexity index is 1270. The molecular formula is C24H20ClN3O3. The van der Waals surface area contributed by atoms with Crippen LogP contribution in [0.25, 0.3) is 11.8 Å². The van der Waals surface area contributed by atoms with Crippen molar-refractivity contribution in [3.05, 3.63) is 87.2 Å². The number of amides is 1. The monoisotopic (exact) mass is 433 g/mol. The molecule has 0 aliphatic heterocycles. The lowest BCUT2D eigenvalue weighted by atomic mass is 10.1. The van der Waals surface area contributed by atoms with Crippen LogP contribution in [0.3, 0.4) is 0 Å². The number of para-hydroxylation sites is 1. The van der Waals surface area contributed by atoms with Gasteiger partial charge in [0, 0.05) is 17.1 Å². The molecule has 0 aliphatic rings. The van der Waals surface area contributed by atoms with E-state index in [9.17, 15) is 20.0 Å². The van der Waals surface area contributed by atoms with Crippen molar-refractivity contribution >= 4 is 35.2 Å². The SMILES string of the molecule is Cc1ccccc1NC(=O)C(C#N)=Cc1cc(C)n(-c2cc(C(=O)O)ccc2Cl)c1C. The first-order chi connectivity index (χ1) is 14.7. The second-order valence-corrected chi connectivity index (χ2v) is 7.48. The van der Waals surface area contributed by atoms with Gasteiger partial charge in [0.05, 0.1) is 16.3 Å². The highest BCUT2D eigenvalue weighted by molar-refractivity contribution is 6.32. The number of hydrogen-bond acceptors (Lipinski definition) is 3. The van der Waals surface area contributed by atoms with Crippen LogP contribution in [0, 0.1) is 32.1 Å². The summed E-state index contributed by atoms with van der Waals surface area (Å²) in [4.78, 5) is 24.0. The first-order valence-electron chi connectivity index (χ1n) is 9.44. The number of aryl methyl sites for hydroxylation is 2. The van der Waals surface area contributed by atoms with Crippen molar-refractivity contribution in [2.75, 3.05) is 5.32 Å². The summed E-state index contributed by atoms with van der Waals surface area (Å²) in [5, 5.41) is 22.0. The van der Waals surface area contributed by atoms with Crippen LogP contribution in [0.4, 0.5) is 5.69 Å². The molecule has 31 heavy (non-hydrogen) atoms. The third-order valence-corrected chi connectivity index (χ3v) is 5.28. The maximum atomic E-state index is 12.7. The average Bonchev–Trinajstić information content (AvgIpc) is 3.01. The van der Waals surface area contributed by atoms with Gasteiger partial charge in [0.2, 0.25) is 0 Å². The second-order valence-electron chi connectivity index (χ2n) is 7.07. The molecule has 0 unspecified atom stereocenters. The number of rotatable bonds is 5. The lowest BCUT2D eigenvalue weighted by Gasteiger charge is -2.12. The van der Waals surface area contributed by atoms with Gasteiger partial charge in [-0.05, 0) is 68.3 Å². The smallest absolute Gasteiger partial charge is 0.335 e. The molecule has 156 valence electrons. The van der Waals surface area contributed by atoms with Crippen LogP contribution in [-0.4, -0.2) is 21.6 Å². The van der Waals surface area contributed by atoms with Crippen molar-refractivity contribution in [3.8, 4) is 11.8 Å². The van der Waals surface area contributed by atoms with Crippen LogP contribution in [0.1, 0.15) is 32.9 Å². The van der Waals surface area contributed by atoms with Crippen molar-refractivity contribution < 1.29 is 14.7 Å². The fraction of sp³-hybridized carbons (Fsp3) is 0.125. The fourth-order valence-electron chi connectivity index (χ4n) is 3.33. The maximum absolute atomic E-state index is 12.7. The molecular weight excluding hydrogens is 414 g/mol. The molecule has 2 aromatic carbocycles. The van der Waals surface area contributed by atoms with E-state index in [4.69, 9.17) is 11.6 Å². The zero-order valence-electron chi connectivity index (χ0n) is 17.2. The molecule has 0 bridgehead atoms. The standard InChI is InChI=1S/C24H20ClN3O3/c1-14-6-4-5-7-21(14)27-23(29)19(13-26)11-18-10-15(2)28(16(18)3)22-12-17(24(30)31)8-9-20(22)25/h4-12H,1-3H3,(H,27,29)(H,30,31). The minimum Gasteiger partial charge on any atom is -0.478 e. The summed E-state index contributed by atoms with van der Waals surface area (Å²) in [5.74, 6) is -1.56. The molecule has 1 amide bonds. The molecule has 1 heterocycles. The molecule has 0 saturated heterocycles. The van der Waals surface area contributed by atoms with E-state index in [0.29, 0.717) is 22.0 Å². The van der Waals surface area contributed by atoms with Gasteiger partial charge >= 0.3 is 5.97 Å². The molecule has 6 nitrogen and oxygen atoms in total.